The average molecular weight is 371 g/mol. The molecule has 0 saturated carbocycles. The molecule has 116 valence electrons. The number of hydrogen-bond donors (Lipinski definition) is 0. The molecule has 1 heterocycles. The first kappa shape index (κ1) is 16.2. The highest BCUT2D eigenvalue weighted by atomic mass is 79.9. The van der Waals surface area contributed by atoms with Crippen LogP contribution in [0.2, 0.25) is 0 Å². The molecule has 0 N–H and O–H groups in total. The molecule has 0 bridgehead atoms. The quantitative estimate of drug-likeness (QED) is 0.593. The maximum atomic E-state index is 13.8. The third-order valence-electron chi connectivity index (χ3n) is 3.02. The molecule has 1 amide bonds. The van der Waals surface area contributed by atoms with E-state index in [9.17, 15) is 19.3 Å². The summed E-state index contributed by atoms with van der Waals surface area (Å²) in [7, 11) is 0. The van der Waals surface area contributed by atoms with Gasteiger partial charge in [0.25, 0.3) is 5.91 Å². The van der Waals surface area contributed by atoms with Gasteiger partial charge in [-0.05, 0) is 31.2 Å². The Morgan fingerprint density at radius 2 is 2.14 bits per heavy atom. The number of furan rings is 1. The van der Waals surface area contributed by atoms with Crippen molar-refractivity contribution in [3.8, 4) is 0 Å². The number of amides is 1. The first-order valence-corrected chi connectivity index (χ1v) is 7.19. The molecule has 0 aliphatic rings. The highest BCUT2D eigenvalue weighted by Gasteiger charge is 2.22. The van der Waals surface area contributed by atoms with Crippen LogP contribution in [0, 0.1) is 15.9 Å². The Morgan fingerprint density at radius 3 is 2.73 bits per heavy atom. The van der Waals surface area contributed by atoms with Crippen molar-refractivity contribution in [2.24, 2.45) is 0 Å². The van der Waals surface area contributed by atoms with Crippen LogP contribution in [0.5, 0.6) is 0 Å². The van der Waals surface area contributed by atoms with E-state index in [2.05, 4.69) is 15.9 Å². The van der Waals surface area contributed by atoms with Crippen LogP contribution in [0.25, 0.3) is 0 Å². The summed E-state index contributed by atoms with van der Waals surface area (Å²) < 4.78 is 19.4. The molecule has 2 aromatic rings. The van der Waals surface area contributed by atoms with Gasteiger partial charge in [-0.1, -0.05) is 15.9 Å². The lowest BCUT2D eigenvalue weighted by molar-refractivity contribution is -0.402. The van der Waals surface area contributed by atoms with Crippen molar-refractivity contribution >= 4 is 27.7 Å². The maximum absolute atomic E-state index is 13.8. The van der Waals surface area contributed by atoms with Gasteiger partial charge < -0.3 is 9.32 Å². The van der Waals surface area contributed by atoms with E-state index in [0.29, 0.717) is 16.6 Å². The van der Waals surface area contributed by atoms with Crippen LogP contribution in [-0.2, 0) is 6.54 Å². The van der Waals surface area contributed by atoms with Gasteiger partial charge in [-0.15, -0.1) is 0 Å². The van der Waals surface area contributed by atoms with Gasteiger partial charge in [-0.2, -0.15) is 0 Å². The zero-order valence-electron chi connectivity index (χ0n) is 11.6. The topological polar surface area (TPSA) is 76.6 Å². The van der Waals surface area contributed by atoms with Gasteiger partial charge >= 0.3 is 5.88 Å². The Morgan fingerprint density at radius 1 is 1.41 bits per heavy atom. The fourth-order valence-electron chi connectivity index (χ4n) is 1.89. The van der Waals surface area contributed by atoms with Crippen molar-refractivity contribution in [1.82, 2.24) is 4.90 Å². The van der Waals surface area contributed by atoms with Gasteiger partial charge in [-0.3, -0.25) is 14.9 Å². The van der Waals surface area contributed by atoms with E-state index in [4.69, 9.17) is 4.42 Å². The van der Waals surface area contributed by atoms with Crippen LogP contribution in [0.4, 0.5) is 10.3 Å². The van der Waals surface area contributed by atoms with Gasteiger partial charge in [0.1, 0.15) is 10.7 Å². The maximum Gasteiger partial charge on any atom is 0.433 e. The fraction of sp³-hybridized carbons (Fsp3) is 0.214. The molecule has 0 saturated heterocycles. The average Bonchev–Trinajstić information content (AvgIpc) is 2.97. The Labute approximate surface area is 133 Å². The minimum absolute atomic E-state index is 0.0368. The minimum atomic E-state index is -0.721. The SMILES string of the molecule is CCN(Cc1cc(Br)ccc1F)C(=O)c1ccc([N+](=O)[O-])o1. The van der Waals surface area contributed by atoms with Gasteiger partial charge in [0, 0.05) is 23.1 Å². The van der Waals surface area contributed by atoms with Gasteiger partial charge in [0.2, 0.25) is 0 Å². The third-order valence-corrected chi connectivity index (χ3v) is 3.51. The normalized spacial score (nSPS) is 10.5. The molecule has 0 radical (unpaired) electrons. The van der Waals surface area contributed by atoms with Gasteiger partial charge in [-0.25, -0.2) is 4.39 Å². The summed E-state index contributed by atoms with van der Waals surface area (Å²) in [6, 6.07) is 6.79. The summed E-state index contributed by atoms with van der Waals surface area (Å²) in [6.07, 6.45) is 0. The Balaban J connectivity index is 2.21. The van der Waals surface area contributed by atoms with Crippen LogP contribution in [0.1, 0.15) is 23.0 Å². The lowest BCUT2D eigenvalue weighted by atomic mass is 10.2. The van der Waals surface area contributed by atoms with Crippen LogP contribution in [-0.4, -0.2) is 22.3 Å². The lowest BCUT2D eigenvalue weighted by Crippen LogP contribution is -2.30. The van der Waals surface area contributed by atoms with Crippen LogP contribution in [0.3, 0.4) is 0 Å². The van der Waals surface area contributed by atoms with Crippen molar-refractivity contribution in [3.05, 3.63) is 62.1 Å². The van der Waals surface area contributed by atoms with E-state index >= 15 is 0 Å². The number of rotatable bonds is 5. The first-order chi connectivity index (χ1) is 10.4. The molecule has 8 heteroatoms. The molecule has 0 aliphatic heterocycles. The molecular formula is C14H12BrFN2O4. The Hall–Kier alpha value is -2.22. The molecule has 1 aromatic carbocycles. The van der Waals surface area contributed by atoms with Gasteiger partial charge in [0.05, 0.1) is 6.07 Å². The summed E-state index contributed by atoms with van der Waals surface area (Å²) >= 11 is 3.25. The third kappa shape index (κ3) is 3.51. The molecule has 2 rings (SSSR count). The summed E-state index contributed by atoms with van der Waals surface area (Å²) in [4.78, 5) is 23.5. The van der Waals surface area contributed by atoms with Crippen molar-refractivity contribution in [2.75, 3.05) is 6.54 Å². The largest absolute Gasteiger partial charge is 0.433 e. The summed E-state index contributed by atoms with van der Waals surface area (Å²) in [5, 5.41) is 10.6. The first-order valence-electron chi connectivity index (χ1n) is 6.39. The zero-order valence-corrected chi connectivity index (χ0v) is 13.2. The van der Waals surface area contributed by atoms with Crippen molar-refractivity contribution in [1.29, 1.82) is 0 Å². The van der Waals surface area contributed by atoms with Gasteiger partial charge in [0.15, 0.2) is 5.76 Å². The second-order valence-electron chi connectivity index (χ2n) is 4.45. The number of benzene rings is 1. The molecule has 0 aliphatic carbocycles. The summed E-state index contributed by atoms with van der Waals surface area (Å²) in [6.45, 7) is 2.07. The van der Waals surface area contributed by atoms with E-state index in [-0.39, 0.29) is 12.3 Å². The lowest BCUT2D eigenvalue weighted by Gasteiger charge is -2.20. The molecule has 0 unspecified atom stereocenters. The number of nitro groups is 1. The Kier molecular flexibility index (Phi) is 4.92. The Bertz CT molecular complexity index is 717. The highest BCUT2D eigenvalue weighted by Crippen LogP contribution is 2.20. The van der Waals surface area contributed by atoms with E-state index < -0.39 is 22.5 Å². The molecular weight excluding hydrogens is 359 g/mol. The molecule has 22 heavy (non-hydrogen) atoms. The number of nitrogens with zero attached hydrogens (tertiary/aromatic N) is 2. The van der Waals surface area contributed by atoms with E-state index in [1.807, 2.05) is 0 Å². The summed E-state index contributed by atoms with van der Waals surface area (Å²) in [5.41, 5.74) is 0.339. The summed E-state index contributed by atoms with van der Waals surface area (Å²) in [5.74, 6) is -1.62. The fourth-order valence-corrected chi connectivity index (χ4v) is 2.30. The van der Waals surface area contributed by atoms with Crippen LogP contribution in [0.15, 0.2) is 39.2 Å². The standard InChI is InChI=1S/C14H12BrFN2O4/c1-2-17(8-9-7-10(15)3-4-11(9)16)14(19)12-5-6-13(22-12)18(20)21/h3-7H,2,8H2,1H3. The molecule has 1 aromatic heterocycles. The minimum Gasteiger partial charge on any atom is -0.395 e. The van der Waals surface area contributed by atoms with E-state index in [0.717, 1.165) is 6.07 Å². The van der Waals surface area contributed by atoms with Crippen molar-refractivity contribution in [3.63, 3.8) is 0 Å². The number of carbonyl (C=O) groups is 1. The second-order valence-corrected chi connectivity index (χ2v) is 5.37. The number of halogens is 2. The zero-order chi connectivity index (χ0) is 16.3. The van der Waals surface area contributed by atoms with Crippen molar-refractivity contribution < 1.29 is 18.5 Å². The number of hydrogen-bond acceptors (Lipinski definition) is 4. The monoisotopic (exact) mass is 370 g/mol. The predicted molar refractivity (Wildman–Crippen MR) is 79.9 cm³/mol. The molecule has 0 atom stereocenters. The molecule has 0 spiro atoms. The van der Waals surface area contributed by atoms with Crippen molar-refractivity contribution in [2.45, 2.75) is 13.5 Å². The number of carbonyl (C=O) groups excluding carboxylic acids is 1. The predicted octanol–water partition coefficient (Wildman–Crippen LogP) is 3.75. The molecule has 6 nitrogen and oxygen atoms in total. The highest BCUT2D eigenvalue weighted by molar-refractivity contribution is 9.10. The molecule has 0 fully saturated rings. The van der Waals surface area contributed by atoms with E-state index in [1.54, 1.807) is 19.1 Å². The van der Waals surface area contributed by atoms with E-state index in [1.165, 1.54) is 17.0 Å². The van der Waals surface area contributed by atoms with Crippen LogP contribution >= 0.6 is 15.9 Å². The second kappa shape index (κ2) is 6.69. The smallest absolute Gasteiger partial charge is 0.395 e. The van der Waals surface area contributed by atoms with Crippen LogP contribution < -0.4 is 0 Å².